The van der Waals surface area contributed by atoms with Crippen LogP contribution in [-0.4, -0.2) is 52.9 Å². The van der Waals surface area contributed by atoms with Gasteiger partial charge in [-0.3, -0.25) is 4.90 Å². The molecule has 0 amide bonds. The van der Waals surface area contributed by atoms with Gasteiger partial charge in [-0.2, -0.15) is 4.98 Å². The Bertz CT molecular complexity index is 462. The van der Waals surface area contributed by atoms with Gasteiger partial charge in [0.15, 0.2) is 0 Å². The molecule has 2 aliphatic rings. The minimum absolute atomic E-state index is 0.135. The van der Waals surface area contributed by atoms with E-state index < -0.39 is 0 Å². The third kappa shape index (κ3) is 3.21. The molecule has 3 rings (SSSR count). The monoisotopic (exact) mass is 294 g/mol. The summed E-state index contributed by atoms with van der Waals surface area (Å²) < 4.78 is 5.34. The minimum atomic E-state index is -0.135. The molecule has 1 N–H and O–H groups in total. The van der Waals surface area contributed by atoms with Crippen LogP contribution < -0.4 is 4.90 Å². The molecule has 0 bridgehead atoms. The number of aliphatic hydroxyl groups is 1. The van der Waals surface area contributed by atoms with Gasteiger partial charge in [0.05, 0.1) is 12.6 Å². The van der Waals surface area contributed by atoms with Crippen LogP contribution in [0, 0.1) is 5.92 Å². The second-order valence-electron chi connectivity index (χ2n) is 6.58. The molecule has 2 heterocycles. The van der Waals surface area contributed by atoms with Crippen LogP contribution in [0.5, 0.6) is 0 Å². The molecule has 3 atom stereocenters. The molecular formula is C15H26N4O2. The summed E-state index contributed by atoms with van der Waals surface area (Å²) in [5, 5.41) is 14.3. The number of hydrogen-bond donors (Lipinski definition) is 1. The van der Waals surface area contributed by atoms with Crippen LogP contribution in [0.3, 0.4) is 0 Å². The van der Waals surface area contributed by atoms with Crippen LogP contribution in [0.2, 0.25) is 0 Å². The Kier molecular flexibility index (Phi) is 4.45. The van der Waals surface area contributed by atoms with E-state index in [1.165, 1.54) is 25.7 Å². The fourth-order valence-corrected chi connectivity index (χ4v) is 3.79. The van der Waals surface area contributed by atoms with Crippen molar-refractivity contribution in [2.24, 2.45) is 5.92 Å². The van der Waals surface area contributed by atoms with E-state index in [2.05, 4.69) is 15.0 Å². The lowest BCUT2D eigenvalue weighted by Gasteiger charge is -2.36. The Morgan fingerprint density at radius 2 is 2.05 bits per heavy atom. The van der Waals surface area contributed by atoms with Crippen molar-refractivity contribution < 1.29 is 9.63 Å². The van der Waals surface area contributed by atoms with Gasteiger partial charge in [-0.25, -0.2) is 0 Å². The SMILES string of the molecule is CN(C)c1noc(CN2CCC[C@@H]2[C@H]2CCCC[C@H]2O)n1. The van der Waals surface area contributed by atoms with Crippen molar-refractivity contribution in [1.82, 2.24) is 15.0 Å². The van der Waals surface area contributed by atoms with E-state index in [1.807, 2.05) is 19.0 Å². The topological polar surface area (TPSA) is 65.6 Å². The minimum Gasteiger partial charge on any atom is -0.393 e. The van der Waals surface area contributed by atoms with Crippen LogP contribution in [0.25, 0.3) is 0 Å². The normalized spacial score (nSPS) is 30.7. The third-order valence-corrected chi connectivity index (χ3v) is 4.89. The van der Waals surface area contributed by atoms with Gasteiger partial charge in [0, 0.05) is 26.1 Å². The Morgan fingerprint density at radius 1 is 1.24 bits per heavy atom. The summed E-state index contributed by atoms with van der Waals surface area (Å²) in [6, 6.07) is 0.468. The maximum Gasteiger partial charge on any atom is 0.265 e. The number of nitrogens with zero attached hydrogens (tertiary/aromatic N) is 4. The second-order valence-corrected chi connectivity index (χ2v) is 6.58. The van der Waals surface area contributed by atoms with Crippen molar-refractivity contribution in [3.63, 3.8) is 0 Å². The van der Waals surface area contributed by atoms with Gasteiger partial charge >= 0.3 is 0 Å². The van der Waals surface area contributed by atoms with Gasteiger partial charge in [-0.05, 0) is 37.4 Å². The van der Waals surface area contributed by atoms with E-state index in [0.29, 0.717) is 30.3 Å². The molecule has 21 heavy (non-hydrogen) atoms. The molecule has 1 saturated carbocycles. The van der Waals surface area contributed by atoms with Crippen molar-refractivity contribution in [3.8, 4) is 0 Å². The molecular weight excluding hydrogens is 268 g/mol. The fourth-order valence-electron chi connectivity index (χ4n) is 3.79. The molecule has 6 heteroatoms. The molecule has 0 radical (unpaired) electrons. The number of likely N-dealkylation sites (tertiary alicyclic amines) is 1. The van der Waals surface area contributed by atoms with Crippen molar-refractivity contribution in [1.29, 1.82) is 0 Å². The molecule has 1 aromatic heterocycles. The average molecular weight is 294 g/mol. The molecule has 0 spiro atoms. The molecule has 0 aromatic carbocycles. The molecule has 118 valence electrons. The first-order chi connectivity index (χ1) is 10.1. The summed E-state index contributed by atoms with van der Waals surface area (Å²) in [5.74, 6) is 1.71. The van der Waals surface area contributed by atoms with Crippen molar-refractivity contribution in [3.05, 3.63) is 5.89 Å². The van der Waals surface area contributed by atoms with E-state index in [9.17, 15) is 5.11 Å². The zero-order valence-corrected chi connectivity index (χ0v) is 13.0. The van der Waals surface area contributed by atoms with Gasteiger partial charge < -0.3 is 14.5 Å². The van der Waals surface area contributed by atoms with Crippen LogP contribution in [0.1, 0.15) is 44.4 Å². The molecule has 0 unspecified atom stereocenters. The summed E-state index contributed by atoms with van der Waals surface area (Å²) in [4.78, 5) is 8.69. The van der Waals surface area contributed by atoms with Gasteiger partial charge in [-0.1, -0.05) is 12.8 Å². The van der Waals surface area contributed by atoms with E-state index in [-0.39, 0.29) is 6.10 Å². The summed E-state index contributed by atoms with van der Waals surface area (Å²) >= 11 is 0. The quantitative estimate of drug-likeness (QED) is 0.911. The average Bonchev–Trinajstić information content (AvgIpc) is 3.09. The Balaban J connectivity index is 1.65. The third-order valence-electron chi connectivity index (χ3n) is 4.89. The first kappa shape index (κ1) is 14.8. The lowest BCUT2D eigenvalue weighted by Crippen LogP contribution is -2.42. The van der Waals surface area contributed by atoms with Crippen molar-refractivity contribution >= 4 is 5.95 Å². The molecule has 1 aromatic rings. The van der Waals surface area contributed by atoms with E-state index in [1.54, 1.807) is 0 Å². The standard InChI is InChI=1S/C15H26N4O2/c1-18(2)15-16-14(21-17-15)10-19-9-5-7-12(19)11-6-3-4-8-13(11)20/h11-13,20H,3-10H2,1-2H3/t11-,12-,13-/m1/s1. The van der Waals surface area contributed by atoms with Gasteiger partial charge in [0.25, 0.3) is 5.95 Å². The summed E-state index contributed by atoms with van der Waals surface area (Å²) in [7, 11) is 3.82. The zero-order valence-electron chi connectivity index (χ0n) is 13.0. The maximum atomic E-state index is 10.3. The highest BCUT2D eigenvalue weighted by Crippen LogP contribution is 2.35. The Morgan fingerprint density at radius 3 is 2.76 bits per heavy atom. The first-order valence-electron chi connectivity index (χ1n) is 8.07. The van der Waals surface area contributed by atoms with Crippen LogP contribution in [0.4, 0.5) is 5.95 Å². The van der Waals surface area contributed by atoms with Crippen LogP contribution >= 0.6 is 0 Å². The van der Waals surface area contributed by atoms with E-state index in [4.69, 9.17) is 4.52 Å². The van der Waals surface area contributed by atoms with Crippen LogP contribution in [-0.2, 0) is 6.54 Å². The van der Waals surface area contributed by atoms with Crippen LogP contribution in [0.15, 0.2) is 4.52 Å². The zero-order chi connectivity index (χ0) is 14.8. The maximum absolute atomic E-state index is 10.3. The first-order valence-corrected chi connectivity index (χ1v) is 8.07. The van der Waals surface area contributed by atoms with E-state index >= 15 is 0 Å². The molecule has 2 fully saturated rings. The lowest BCUT2D eigenvalue weighted by atomic mass is 9.80. The second kappa shape index (κ2) is 6.32. The molecule has 6 nitrogen and oxygen atoms in total. The molecule has 1 aliphatic heterocycles. The highest BCUT2D eigenvalue weighted by Gasteiger charge is 2.37. The highest BCUT2D eigenvalue weighted by molar-refractivity contribution is 5.23. The summed E-state index contributed by atoms with van der Waals surface area (Å²) in [6.45, 7) is 1.77. The number of aromatic nitrogens is 2. The number of anilines is 1. The van der Waals surface area contributed by atoms with Crippen molar-refractivity contribution in [2.75, 3.05) is 25.5 Å². The summed E-state index contributed by atoms with van der Waals surface area (Å²) in [6.07, 6.45) is 6.76. The lowest BCUT2D eigenvalue weighted by molar-refractivity contribution is 0.0178. The van der Waals surface area contributed by atoms with Gasteiger partial charge in [0.1, 0.15) is 0 Å². The predicted molar refractivity (Wildman–Crippen MR) is 80.0 cm³/mol. The summed E-state index contributed by atoms with van der Waals surface area (Å²) in [5.41, 5.74) is 0. The van der Waals surface area contributed by atoms with Gasteiger partial charge in [-0.15, -0.1) is 0 Å². The van der Waals surface area contributed by atoms with E-state index in [0.717, 1.165) is 19.4 Å². The van der Waals surface area contributed by atoms with Crippen molar-refractivity contribution in [2.45, 2.75) is 57.2 Å². The predicted octanol–water partition coefficient (Wildman–Crippen LogP) is 1.65. The number of aliphatic hydroxyl groups excluding tert-OH is 1. The number of rotatable bonds is 4. The fraction of sp³-hybridized carbons (Fsp3) is 0.867. The molecule has 1 saturated heterocycles. The highest BCUT2D eigenvalue weighted by atomic mass is 16.5. The molecule has 1 aliphatic carbocycles. The largest absolute Gasteiger partial charge is 0.393 e. The Labute approximate surface area is 126 Å². The smallest absolute Gasteiger partial charge is 0.265 e. The van der Waals surface area contributed by atoms with Gasteiger partial charge in [0.2, 0.25) is 5.89 Å². The Hall–Kier alpha value is -1.14. The number of hydrogen-bond acceptors (Lipinski definition) is 6.